The highest BCUT2D eigenvalue weighted by Gasteiger charge is 1.99. The first kappa shape index (κ1) is 15.2. The minimum absolute atomic E-state index is 0.622. The smallest absolute Gasteiger partial charge is 0.224 e. The maximum absolute atomic E-state index is 4.44. The molecule has 0 amide bonds. The Morgan fingerprint density at radius 1 is 1.14 bits per heavy atom. The van der Waals surface area contributed by atoms with Crippen LogP contribution in [-0.4, -0.2) is 47.0 Å². The minimum atomic E-state index is 0.622. The van der Waals surface area contributed by atoms with E-state index in [0.29, 0.717) is 12.5 Å². The molecule has 0 aliphatic carbocycles. The molecular formula is C15H22N6. The quantitative estimate of drug-likeness (QED) is 0.722. The number of hydrogen-bond acceptors (Lipinski definition) is 6. The molecule has 0 aliphatic heterocycles. The molecule has 0 radical (unpaired) electrons. The summed E-state index contributed by atoms with van der Waals surface area (Å²) in [4.78, 5) is 14.9. The van der Waals surface area contributed by atoms with Crippen LogP contribution in [0.1, 0.15) is 12.0 Å². The van der Waals surface area contributed by atoms with Gasteiger partial charge in [0.05, 0.1) is 0 Å². The van der Waals surface area contributed by atoms with E-state index in [0.717, 1.165) is 30.9 Å². The summed E-state index contributed by atoms with van der Waals surface area (Å²) in [7, 11) is 4.15. The van der Waals surface area contributed by atoms with Gasteiger partial charge in [-0.1, -0.05) is 6.07 Å². The molecule has 0 unspecified atom stereocenters. The average Bonchev–Trinajstić information content (AvgIpc) is 2.51. The molecule has 2 aromatic heterocycles. The zero-order valence-electron chi connectivity index (χ0n) is 12.6. The van der Waals surface area contributed by atoms with Crippen LogP contribution >= 0.6 is 0 Å². The maximum atomic E-state index is 4.44. The second-order valence-electron chi connectivity index (χ2n) is 5.06. The lowest BCUT2D eigenvalue weighted by Gasteiger charge is -2.11. The highest BCUT2D eigenvalue weighted by Crippen LogP contribution is 2.07. The van der Waals surface area contributed by atoms with Gasteiger partial charge in [-0.3, -0.25) is 4.98 Å². The summed E-state index contributed by atoms with van der Waals surface area (Å²) in [5, 5.41) is 6.51. The molecule has 6 heteroatoms. The van der Waals surface area contributed by atoms with Gasteiger partial charge < -0.3 is 15.5 Å². The van der Waals surface area contributed by atoms with Gasteiger partial charge in [-0.2, -0.15) is 4.98 Å². The predicted octanol–water partition coefficient (Wildman–Crippen LogP) is 1.85. The Morgan fingerprint density at radius 3 is 2.81 bits per heavy atom. The Balaban J connectivity index is 1.80. The third-order valence-electron chi connectivity index (χ3n) is 2.92. The summed E-state index contributed by atoms with van der Waals surface area (Å²) in [5.74, 6) is 1.47. The number of pyridine rings is 1. The van der Waals surface area contributed by atoms with E-state index in [1.807, 2.05) is 24.4 Å². The predicted molar refractivity (Wildman–Crippen MR) is 85.3 cm³/mol. The van der Waals surface area contributed by atoms with Crippen molar-refractivity contribution in [2.45, 2.75) is 13.0 Å². The van der Waals surface area contributed by atoms with Gasteiger partial charge >= 0.3 is 0 Å². The molecule has 21 heavy (non-hydrogen) atoms. The Hall–Kier alpha value is -2.21. The number of hydrogen-bond donors (Lipinski definition) is 2. The van der Waals surface area contributed by atoms with Crippen LogP contribution in [-0.2, 0) is 6.54 Å². The molecule has 2 aromatic rings. The lowest BCUT2D eigenvalue weighted by atomic mass is 10.3. The van der Waals surface area contributed by atoms with Gasteiger partial charge in [0.2, 0.25) is 5.95 Å². The number of nitrogens with one attached hydrogen (secondary N) is 2. The summed E-state index contributed by atoms with van der Waals surface area (Å²) in [6.45, 7) is 2.62. The summed E-state index contributed by atoms with van der Waals surface area (Å²) in [5.41, 5.74) is 1.10. The molecule has 6 nitrogen and oxygen atoms in total. The van der Waals surface area contributed by atoms with E-state index >= 15 is 0 Å². The van der Waals surface area contributed by atoms with Crippen molar-refractivity contribution in [3.63, 3.8) is 0 Å². The van der Waals surface area contributed by atoms with Crippen molar-refractivity contribution < 1.29 is 0 Å². The number of anilines is 2. The van der Waals surface area contributed by atoms with Gasteiger partial charge in [0.25, 0.3) is 0 Å². The van der Waals surface area contributed by atoms with Crippen molar-refractivity contribution in [1.82, 2.24) is 19.9 Å². The highest BCUT2D eigenvalue weighted by atomic mass is 15.1. The molecule has 0 atom stereocenters. The van der Waals surface area contributed by atoms with E-state index in [9.17, 15) is 0 Å². The Morgan fingerprint density at radius 2 is 2.05 bits per heavy atom. The number of aromatic nitrogens is 3. The van der Waals surface area contributed by atoms with Crippen molar-refractivity contribution in [2.24, 2.45) is 0 Å². The van der Waals surface area contributed by atoms with Crippen LogP contribution in [0.4, 0.5) is 11.8 Å². The second-order valence-corrected chi connectivity index (χ2v) is 5.06. The molecule has 2 N–H and O–H groups in total. The summed E-state index contributed by atoms with van der Waals surface area (Å²) >= 11 is 0. The summed E-state index contributed by atoms with van der Waals surface area (Å²) < 4.78 is 0. The SMILES string of the molecule is CN(C)CCCNc1ccnc(NCc2cccnc2)n1. The molecule has 2 heterocycles. The largest absolute Gasteiger partial charge is 0.370 e. The monoisotopic (exact) mass is 286 g/mol. The second kappa shape index (κ2) is 8.16. The van der Waals surface area contributed by atoms with Crippen molar-refractivity contribution in [3.8, 4) is 0 Å². The van der Waals surface area contributed by atoms with Gasteiger partial charge in [-0.05, 0) is 44.8 Å². The summed E-state index contributed by atoms with van der Waals surface area (Å²) in [6, 6.07) is 5.81. The fourth-order valence-electron chi connectivity index (χ4n) is 1.84. The lowest BCUT2D eigenvalue weighted by Crippen LogP contribution is -2.16. The van der Waals surface area contributed by atoms with Crippen molar-refractivity contribution >= 4 is 11.8 Å². The van der Waals surface area contributed by atoms with E-state index < -0.39 is 0 Å². The lowest BCUT2D eigenvalue weighted by molar-refractivity contribution is 0.405. The van der Waals surface area contributed by atoms with Gasteiger partial charge in [-0.25, -0.2) is 4.98 Å². The Labute approximate surface area is 125 Å². The topological polar surface area (TPSA) is 66.0 Å². The third kappa shape index (κ3) is 5.74. The molecule has 0 fully saturated rings. The van der Waals surface area contributed by atoms with Crippen LogP contribution in [0.3, 0.4) is 0 Å². The first-order chi connectivity index (χ1) is 10.2. The third-order valence-corrected chi connectivity index (χ3v) is 2.92. The standard InChI is InChI=1S/C15H22N6/c1-21(2)10-4-8-17-14-6-9-18-15(20-14)19-12-13-5-3-7-16-11-13/h3,5-7,9,11H,4,8,10,12H2,1-2H3,(H2,17,18,19,20). The van der Waals surface area contributed by atoms with E-state index in [1.165, 1.54) is 0 Å². The van der Waals surface area contributed by atoms with Crippen LogP contribution < -0.4 is 10.6 Å². The van der Waals surface area contributed by atoms with Gasteiger partial charge in [-0.15, -0.1) is 0 Å². The molecule has 2 rings (SSSR count). The molecule has 0 saturated heterocycles. The minimum Gasteiger partial charge on any atom is -0.370 e. The zero-order chi connectivity index (χ0) is 14.9. The molecule has 0 saturated carbocycles. The van der Waals surface area contributed by atoms with Crippen LogP contribution in [0.5, 0.6) is 0 Å². The molecule has 0 aliphatic rings. The molecule has 112 valence electrons. The normalized spacial score (nSPS) is 10.6. The van der Waals surface area contributed by atoms with E-state index in [4.69, 9.17) is 0 Å². The van der Waals surface area contributed by atoms with E-state index in [1.54, 1.807) is 12.4 Å². The van der Waals surface area contributed by atoms with E-state index in [2.05, 4.69) is 44.6 Å². The molecule has 0 aromatic carbocycles. The number of rotatable bonds is 8. The first-order valence-corrected chi connectivity index (χ1v) is 7.08. The Kier molecular flexibility index (Phi) is 5.90. The Bertz CT molecular complexity index is 529. The van der Waals surface area contributed by atoms with Crippen molar-refractivity contribution in [2.75, 3.05) is 37.8 Å². The molecule has 0 spiro atoms. The highest BCUT2D eigenvalue weighted by molar-refractivity contribution is 5.39. The average molecular weight is 286 g/mol. The number of nitrogens with zero attached hydrogens (tertiary/aromatic N) is 4. The summed E-state index contributed by atoms with van der Waals surface area (Å²) in [6.07, 6.45) is 6.43. The van der Waals surface area contributed by atoms with Crippen LogP contribution in [0.25, 0.3) is 0 Å². The van der Waals surface area contributed by atoms with Gasteiger partial charge in [0, 0.05) is 31.7 Å². The molecular weight excluding hydrogens is 264 g/mol. The fraction of sp³-hybridized carbons (Fsp3) is 0.400. The van der Waals surface area contributed by atoms with Crippen LogP contribution in [0.15, 0.2) is 36.8 Å². The maximum Gasteiger partial charge on any atom is 0.224 e. The van der Waals surface area contributed by atoms with Gasteiger partial charge in [0.1, 0.15) is 5.82 Å². The van der Waals surface area contributed by atoms with Gasteiger partial charge in [0.15, 0.2) is 0 Å². The van der Waals surface area contributed by atoms with Crippen molar-refractivity contribution in [3.05, 3.63) is 42.4 Å². The van der Waals surface area contributed by atoms with Crippen LogP contribution in [0.2, 0.25) is 0 Å². The molecule has 0 bridgehead atoms. The zero-order valence-corrected chi connectivity index (χ0v) is 12.6. The fourth-order valence-corrected chi connectivity index (χ4v) is 1.84. The van der Waals surface area contributed by atoms with Crippen LogP contribution in [0, 0.1) is 0 Å². The van der Waals surface area contributed by atoms with E-state index in [-0.39, 0.29) is 0 Å². The van der Waals surface area contributed by atoms with Crippen molar-refractivity contribution in [1.29, 1.82) is 0 Å². The first-order valence-electron chi connectivity index (χ1n) is 7.08.